The minimum atomic E-state index is 0.146. The number of carbonyl (C=O) groups is 1. The summed E-state index contributed by atoms with van der Waals surface area (Å²) in [6.07, 6.45) is 1.53. The molecule has 20 heavy (non-hydrogen) atoms. The highest BCUT2D eigenvalue weighted by atomic mass is 16.2. The molecule has 0 aliphatic heterocycles. The SMILES string of the molecule is Cc1ccc(N(C)C(=O)CC(CN)CC(C)C)c(C)c1. The summed E-state index contributed by atoms with van der Waals surface area (Å²) < 4.78 is 0. The third-order valence-corrected chi connectivity index (χ3v) is 3.69. The maximum atomic E-state index is 12.4. The largest absolute Gasteiger partial charge is 0.330 e. The van der Waals surface area contributed by atoms with Crippen LogP contribution in [0.4, 0.5) is 5.69 Å². The summed E-state index contributed by atoms with van der Waals surface area (Å²) in [6, 6.07) is 6.16. The van der Waals surface area contributed by atoms with Gasteiger partial charge in [-0.1, -0.05) is 31.5 Å². The highest BCUT2D eigenvalue weighted by Crippen LogP contribution is 2.22. The van der Waals surface area contributed by atoms with Crippen molar-refractivity contribution in [3.05, 3.63) is 29.3 Å². The zero-order valence-corrected chi connectivity index (χ0v) is 13.4. The molecule has 0 saturated heterocycles. The van der Waals surface area contributed by atoms with Gasteiger partial charge in [0.05, 0.1) is 0 Å². The van der Waals surface area contributed by atoms with Gasteiger partial charge in [0.2, 0.25) is 5.91 Å². The lowest BCUT2D eigenvalue weighted by Gasteiger charge is -2.23. The highest BCUT2D eigenvalue weighted by Gasteiger charge is 2.18. The number of carbonyl (C=O) groups excluding carboxylic acids is 1. The first-order valence-corrected chi connectivity index (χ1v) is 7.39. The lowest BCUT2D eigenvalue weighted by atomic mass is 9.93. The molecule has 0 radical (unpaired) electrons. The van der Waals surface area contributed by atoms with Crippen LogP contribution >= 0.6 is 0 Å². The van der Waals surface area contributed by atoms with Crippen LogP contribution in [0, 0.1) is 25.7 Å². The van der Waals surface area contributed by atoms with E-state index in [-0.39, 0.29) is 11.8 Å². The first-order valence-electron chi connectivity index (χ1n) is 7.39. The normalized spacial score (nSPS) is 12.6. The number of hydrogen-bond donors (Lipinski definition) is 1. The van der Waals surface area contributed by atoms with Crippen LogP contribution in [-0.4, -0.2) is 19.5 Å². The Balaban J connectivity index is 2.75. The first-order chi connectivity index (χ1) is 9.35. The van der Waals surface area contributed by atoms with Crippen LogP contribution in [0.3, 0.4) is 0 Å². The van der Waals surface area contributed by atoms with E-state index in [4.69, 9.17) is 5.73 Å². The fraction of sp³-hybridized carbons (Fsp3) is 0.588. The van der Waals surface area contributed by atoms with E-state index in [1.165, 1.54) is 5.56 Å². The second-order valence-electron chi connectivity index (χ2n) is 6.18. The lowest BCUT2D eigenvalue weighted by molar-refractivity contribution is -0.119. The molecule has 0 aliphatic carbocycles. The summed E-state index contributed by atoms with van der Waals surface area (Å²) in [4.78, 5) is 14.2. The standard InChI is InChI=1S/C17H28N2O/c1-12(2)8-15(11-18)10-17(20)19(5)16-7-6-13(3)9-14(16)4/h6-7,9,12,15H,8,10-11,18H2,1-5H3. The molecule has 0 aromatic heterocycles. The van der Waals surface area contributed by atoms with Gasteiger partial charge in [-0.2, -0.15) is 0 Å². The second kappa shape index (κ2) is 7.44. The average Bonchev–Trinajstić information content (AvgIpc) is 2.36. The molecule has 112 valence electrons. The summed E-state index contributed by atoms with van der Waals surface area (Å²) in [6.45, 7) is 9.01. The number of nitrogens with zero attached hydrogens (tertiary/aromatic N) is 1. The highest BCUT2D eigenvalue weighted by molar-refractivity contribution is 5.93. The van der Waals surface area contributed by atoms with Crippen molar-refractivity contribution >= 4 is 11.6 Å². The Morgan fingerprint density at radius 2 is 1.95 bits per heavy atom. The Hall–Kier alpha value is -1.35. The van der Waals surface area contributed by atoms with Crippen molar-refractivity contribution in [3.8, 4) is 0 Å². The van der Waals surface area contributed by atoms with Gasteiger partial charge in [0.1, 0.15) is 0 Å². The number of hydrogen-bond acceptors (Lipinski definition) is 2. The van der Waals surface area contributed by atoms with Crippen molar-refractivity contribution in [2.75, 3.05) is 18.5 Å². The fourth-order valence-corrected chi connectivity index (χ4v) is 2.63. The summed E-state index contributed by atoms with van der Waals surface area (Å²) >= 11 is 0. The van der Waals surface area contributed by atoms with E-state index in [1.54, 1.807) is 4.90 Å². The van der Waals surface area contributed by atoms with Gasteiger partial charge in [-0.3, -0.25) is 4.79 Å². The van der Waals surface area contributed by atoms with Gasteiger partial charge in [0.15, 0.2) is 0 Å². The maximum absolute atomic E-state index is 12.4. The van der Waals surface area contributed by atoms with Crippen LogP contribution in [0.25, 0.3) is 0 Å². The third kappa shape index (κ3) is 4.64. The van der Waals surface area contributed by atoms with Gasteiger partial charge >= 0.3 is 0 Å². The minimum absolute atomic E-state index is 0.146. The molecule has 0 saturated carbocycles. The maximum Gasteiger partial charge on any atom is 0.227 e. The molecule has 1 aromatic carbocycles. The number of rotatable bonds is 6. The summed E-state index contributed by atoms with van der Waals surface area (Å²) in [5.41, 5.74) is 9.12. The molecule has 1 atom stereocenters. The molecule has 0 bridgehead atoms. The van der Waals surface area contributed by atoms with Crippen LogP contribution < -0.4 is 10.6 Å². The molecule has 1 unspecified atom stereocenters. The zero-order chi connectivity index (χ0) is 15.3. The van der Waals surface area contributed by atoms with Gasteiger partial charge in [0.25, 0.3) is 0 Å². The smallest absolute Gasteiger partial charge is 0.227 e. The molecule has 0 heterocycles. The molecule has 3 nitrogen and oxygen atoms in total. The summed E-state index contributed by atoms with van der Waals surface area (Å²) in [5, 5.41) is 0. The number of amides is 1. The molecule has 1 rings (SSSR count). The monoisotopic (exact) mass is 276 g/mol. The first kappa shape index (κ1) is 16.7. The fourth-order valence-electron chi connectivity index (χ4n) is 2.63. The Bertz CT molecular complexity index is 454. The molecular formula is C17H28N2O. The Labute approximate surface area is 123 Å². The third-order valence-electron chi connectivity index (χ3n) is 3.69. The van der Waals surface area contributed by atoms with Crippen LogP contribution in [-0.2, 0) is 4.79 Å². The van der Waals surface area contributed by atoms with Gasteiger partial charge < -0.3 is 10.6 Å². The van der Waals surface area contributed by atoms with Crippen molar-refractivity contribution in [1.82, 2.24) is 0 Å². The van der Waals surface area contributed by atoms with Crippen molar-refractivity contribution in [2.24, 2.45) is 17.6 Å². The van der Waals surface area contributed by atoms with Gasteiger partial charge in [0, 0.05) is 19.2 Å². The minimum Gasteiger partial charge on any atom is -0.330 e. The zero-order valence-electron chi connectivity index (χ0n) is 13.4. The molecule has 1 aromatic rings. The number of anilines is 1. The van der Waals surface area contributed by atoms with E-state index in [0.29, 0.717) is 18.9 Å². The van der Waals surface area contributed by atoms with Crippen LogP contribution in [0.1, 0.15) is 37.8 Å². The van der Waals surface area contributed by atoms with Crippen molar-refractivity contribution < 1.29 is 4.79 Å². The quantitative estimate of drug-likeness (QED) is 0.866. The molecular weight excluding hydrogens is 248 g/mol. The topological polar surface area (TPSA) is 46.3 Å². The van der Waals surface area contributed by atoms with Crippen LogP contribution in [0.2, 0.25) is 0 Å². The van der Waals surface area contributed by atoms with E-state index < -0.39 is 0 Å². The number of aryl methyl sites for hydroxylation is 2. The van der Waals surface area contributed by atoms with Gasteiger partial charge in [-0.05, 0) is 50.3 Å². The number of nitrogens with two attached hydrogens (primary N) is 1. The van der Waals surface area contributed by atoms with E-state index in [9.17, 15) is 4.79 Å². The predicted octanol–water partition coefficient (Wildman–Crippen LogP) is 3.28. The molecule has 3 heteroatoms. The predicted molar refractivity (Wildman–Crippen MR) is 85.9 cm³/mol. The summed E-state index contributed by atoms with van der Waals surface area (Å²) in [7, 11) is 1.85. The van der Waals surface area contributed by atoms with Gasteiger partial charge in [-0.25, -0.2) is 0 Å². The molecule has 2 N–H and O–H groups in total. The Kier molecular flexibility index (Phi) is 6.21. The lowest BCUT2D eigenvalue weighted by Crippen LogP contribution is -2.31. The molecule has 1 amide bonds. The Morgan fingerprint density at radius 1 is 1.30 bits per heavy atom. The summed E-state index contributed by atoms with van der Waals surface area (Å²) in [5.74, 6) is 0.992. The Morgan fingerprint density at radius 3 is 2.45 bits per heavy atom. The van der Waals surface area contributed by atoms with E-state index >= 15 is 0 Å². The number of benzene rings is 1. The average molecular weight is 276 g/mol. The van der Waals surface area contributed by atoms with E-state index in [1.807, 2.05) is 26.1 Å². The molecule has 0 spiro atoms. The van der Waals surface area contributed by atoms with Gasteiger partial charge in [-0.15, -0.1) is 0 Å². The second-order valence-corrected chi connectivity index (χ2v) is 6.18. The van der Waals surface area contributed by atoms with Crippen LogP contribution in [0.15, 0.2) is 18.2 Å². The van der Waals surface area contributed by atoms with Crippen molar-refractivity contribution in [2.45, 2.75) is 40.5 Å². The van der Waals surface area contributed by atoms with E-state index in [0.717, 1.165) is 17.7 Å². The molecule has 0 fully saturated rings. The van der Waals surface area contributed by atoms with Crippen molar-refractivity contribution in [1.29, 1.82) is 0 Å². The van der Waals surface area contributed by atoms with Crippen LogP contribution in [0.5, 0.6) is 0 Å². The molecule has 0 aliphatic rings. The van der Waals surface area contributed by atoms with Crippen molar-refractivity contribution in [3.63, 3.8) is 0 Å². The van der Waals surface area contributed by atoms with E-state index in [2.05, 4.69) is 26.8 Å².